The second kappa shape index (κ2) is 4.51. The van der Waals surface area contributed by atoms with Gasteiger partial charge in [-0.1, -0.05) is 28.1 Å². The third-order valence-corrected chi connectivity index (χ3v) is 3.31. The first-order valence-electron chi connectivity index (χ1n) is 5.63. The van der Waals surface area contributed by atoms with Crippen LogP contribution in [0.1, 0.15) is 5.56 Å². The Hall–Kier alpha value is -2.14. The molecular weight excluding hydrogens is 308 g/mol. The van der Waals surface area contributed by atoms with Crippen molar-refractivity contribution in [2.45, 2.75) is 0 Å². The lowest BCUT2D eigenvalue weighted by atomic mass is 10.1. The second-order valence-corrected chi connectivity index (χ2v) is 5.01. The minimum atomic E-state index is -0.267. The van der Waals surface area contributed by atoms with Gasteiger partial charge in [0.2, 0.25) is 0 Å². The number of aliphatic imine (C=N–C) groups is 1. The normalized spacial score (nSPS) is 15.4. The zero-order chi connectivity index (χ0) is 13.4. The predicted molar refractivity (Wildman–Crippen MR) is 77.1 cm³/mol. The number of halogens is 1. The van der Waals surface area contributed by atoms with Crippen molar-refractivity contribution in [3.8, 4) is 5.75 Å². The Kier molecular flexibility index (Phi) is 2.83. The van der Waals surface area contributed by atoms with Gasteiger partial charge in [0.15, 0.2) is 0 Å². The number of carbonyl (C=O) groups excluding carboxylic acids is 1. The second-order valence-electron chi connectivity index (χ2n) is 4.09. The molecule has 19 heavy (non-hydrogen) atoms. The number of hydrogen-bond acceptors (Lipinski definition) is 3. The van der Waals surface area contributed by atoms with Gasteiger partial charge in [-0.3, -0.25) is 4.79 Å². The number of fused-ring (bicyclic) bond motifs is 1. The zero-order valence-corrected chi connectivity index (χ0v) is 11.3. The number of para-hydroxylation sites is 2. The Morgan fingerprint density at radius 3 is 2.74 bits per heavy atom. The van der Waals surface area contributed by atoms with Crippen LogP contribution in [0.4, 0.5) is 11.4 Å². The van der Waals surface area contributed by atoms with Crippen molar-refractivity contribution in [1.82, 2.24) is 0 Å². The highest BCUT2D eigenvalue weighted by Gasteiger charge is 2.26. The van der Waals surface area contributed by atoms with Crippen LogP contribution in [0.3, 0.4) is 0 Å². The molecule has 2 N–H and O–H groups in total. The van der Waals surface area contributed by atoms with Crippen LogP contribution in [-0.2, 0) is 4.79 Å². The number of aromatic hydroxyl groups is 1. The van der Waals surface area contributed by atoms with Gasteiger partial charge in [0.05, 0.1) is 5.69 Å². The van der Waals surface area contributed by atoms with Gasteiger partial charge < -0.3 is 10.4 Å². The highest BCUT2D eigenvalue weighted by atomic mass is 79.9. The fourth-order valence-corrected chi connectivity index (χ4v) is 2.28. The molecule has 5 heteroatoms. The van der Waals surface area contributed by atoms with Crippen LogP contribution < -0.4 is 5.32 Å². The number of nitrogens with zero attached hydrogens (tertiary/aromatic N) is 1. The third kappa shape index (κ3) is 2.13. The van der Waals surface area contributed by atoms with Crippen molar-refractivity contribution in [3.63, 3.8) is 0 Å². The summed E-state index contributed by atoms with van der Waals surface area (Å²) in [5.41, 5.74) is 2.13. The number of amides is 1. The Labute approximate surface area is 117 Å². The molecule has 4 nitrogen and oxygen atoms in total. The van der Waals surface area contributed by atoms with Crippen LogP contribution in [0.25, 0.3) is 0 Å². The van der Waals surface area contributed by atoms with Crippen LogP contribution in [-0.4, -0.2) is 16.7 Å². The lowest BCUT2D eigenvalue weighted by molar-refractivity contribution is -0.110. The van der Waals surface area contributed by atoms with Crippen molar-refractivity contribution in [2.24, 2.45) is 4.99 Å². The molecule has 3 rings (SSSR count). The molecule has 0 aromatic heterocycles. The quantitative estimate of drug-likeness (QED) is 0.848. The van der Waals surface area contributed by atoms with Crippen LogP contribution in [0.5, 0.6) is 5.75 Å². The number of rotatable bonds is 1. The highest BCUT2D eigenvalue weighted by Crippen LogP contribution is 2.31. The summed E-state index contributed by atoms with van der Waals surface area (Å²) in [6, 6.07) is 12.1. The van der Waals surface area contributed by atoms with E-state index in [1.807, 2.05) is 18.2 Å². The molecule has 0 radical (unpaired) electrons. The van der Waals surface area contributed by atoms with Crippen LogP contribution in [0, 0.1) is 0 Å². The fraction of sp³-hybridized carbons (Fsp3) is 0. The maximum atomic E-state index is 11.9. The van der Waals surface area contributed by atoms with E-state index in [0.717, 1.165) is 15.7 Å². The molecule has 1 aliphatic rings. The fourth-order valence-electron chi connectivity index (χ4n) is 1.92. The molecule has 2 aromatic rings. The Bertz CT molecular complexity index is 710. The first-order chi connectivity index (χ1) is 9.15. The van der Waals surface area contributed by atoms with Gasteiger partial charge in [-0.05, 0) is 30.3 Å². The van der Waals surface area contributed by atoms with E-state index in [4.69, 9.17) is 0 Å². The molecule has 1 heterocycles. The molecule has 0 saturated heterocycles. The van der Waals surface area contributed by atoms with Gasteiger partial charge in [0.1, 0.15) is 17.1 Å². The van der Waals surface area contributed by atoms with Crippen molar-refractivity contribution in [1.29, 1.82) is 0 Å². The van der Waals surface area contributed by atoms with E-state index in [1.54, 1.807) is 18.2 Å². The van der Waals surface area contributed by atoms with Crippen LogP contribution in [0.15, 0.2) is 51.9 Å². The maximum Gasteiger partial charge on any atom is 0.275 e. The number of phenols is 1. The molecule has 1 amide bonds. The van der Waals surface area contributed by atoms with Crippen molar-refractivity contribution >= 4 is 38.9 Å². The summed E-state index contributed by atoms with van der Waals surface area (Å²) in [5, 5.41) is 12.5. The number of phenolic OH excluding ortho intramolecular Hbond substituents is 1. The van der Waals surface area contributed by atoms with Gasteiger partial charge in [0.25, 0.3) is 5.91 Å². The summed E-state index contributed by atoms with van der Waals surface area (Å²) in [5.74, 6) is -0.220. The molecule has 2 aromatic carbocycles. The number of hydrogen-bond donors (Lipinski definition) is 2. The standard InChI is InChI=1S/C14H9BrN2O2/c15-8-5-6-10-9(7-8)13(14(19)17-10)16-11-3-1-2-4-12(11)18/h1-7,18H,(H,16,17,19). The molecule has 0 spiro atoms. The van der Waals surface area contributed by atoms with Gasteiger partial charge in [0, 0.05) is 10.0 Å². The average Bonchev–Trinajstić information content (AvgIpc) is 2.69. The summed E-state index contributed by atoms with van der Waals surface area (Å²) in [7, 11) is 0. The minimum Gasteiger partial charge on any atom is -0.506 e. The molecule has 1 aliphatic heterocycles. The van der Waals surface area contributed by atoms with E-state index < -0.39 is 0 Å². The minimum absolute atomic E-state index is 0.0475. The van der Waals surface area contributed by atoms with Gasteiger partial charge in [-0.25, -0.2) is 4.99 Å². The summed E-state index contributed by atoms with van der Waals surface area (Å²) >= 11 is 3.37. The average molecular weight is 317 g/mol. The van der Waals surface area contributed by atoms with E-state index in [2.05, 4.69) is 26.2 Å². The molecule has 0 bridgehead atoms. The smallest absolute Gasteiger partial charge is 0.275 e. The van der Waals surface area contributed by atoms with E-state index in [-0.39, 0.29) is 11.7 Å². The summed E-state index contributed by atoms with van der Waals surface area (Å²) in [6.07, 6.45) is 0. The van der Waals surface area contributed by atoms with E-state index in [1.165, 1.54) is 6.07 Å². The number of nitrogens with one attached hydrogen (secondary N) is 1. The third-order valence-electron chi connectivity index (χ3n) is 2.81. The Morgan fingerprint density at radius 2 is 1.95 bits per heavy atom. The summed E-state index contributed by atoms with van der Waals surface area (Å²) in [6.45, 7) is 0. The summed E-state index contributed by atoms with van der Waals surface area (Å²) < 4.78 is 0.868. The van der Waals surface area contributed by atoms with Crippen molar-refractivity contribution in [2.75, 3.05) is 5.32 Å². The first-order valence-corrected chi connectivity index (χ1v) is 6.42. The Morgan fingerprint density at radius 1 is 1.16 bits per heavy atom. The molecule has 0 saturated carbocycles. The molecule has 94 valence electrons. The maximum absolute atomic E-state index is 11.9. The SMILES string of the molecule is O=C1Nc2ccc(Br)cc2C1=Nc1ccccc1O. The zero-order valence-electron chi connectivity index (χ0n) is 9.72. The van der Waals surface area contributed by atoms with Crippen molar-refractivity contribution in [3.05, 3.63) is 52.5 Å². The highest BCUT2D eigenvalue weighted by molar-refractivity contribution is 9.10. The number of benzene rings is 2. The van der Waals surface area contributed by atoms with E-state index in [9.17, 15) is 9.90 Å². The molecular formula is C14H9BrN2O2. The predicted octanol–water partition coefficient (Wildman–Crippen LogP) is 3.23. The van der Waals surface area contributed by atoms with E-state index in [0.29, 0.717) is 11.4 Å². The van der Waals surface area contributed by atoms with Crippen LogP contribution in [0.2, 0.25) is 0 Å². The van der Waals surface area contributed by atoms with Crippen molar-refractivity contribution < 1.29 is 9.90 Å². The molecule has 0 fully saturated rings. The lowest BCUT2D eigenvalue weighted by Gasteiger charge is -2.00. The van der Waals surface area contributed by atoms with Gasteiger partial charge in [-0.2, -0.15) is 0 Å². The summed E-state index contributed by atoms with van der Waals surface area (Å²) in [4.78, 5) is 16.2. The molecule has 0 aliphatic carbocycles. The van der Waals surface area contributed by atoms with Crippen LogP contribution >= 0.6 is 15.9 Å². The number of carbonyl (C=O) groups is 1. The molecule has 0 unspecified atom stereocenters. The largest absolute Gasteiger partial charge is 0.506 e. The van der Waals surface area contributed by atoms with E-state index >= 15 is 0 Å². The van der Waals surface area contributed by atoms with Gasteiger partial charge in [-0.15, -0.1) is 0 Å². The first kappa shape index (κ1) is 11.9. The monoisotopic (exact) mass is 316 g/mol. The lowest BCUT2D eigenvalue weighted by Crippen LogP contribution is -2.13. The topological polar surface area (TPSA) is 61.7 Å². The van der Waals surface area contributed by atoms with Gasteiger partial charge >= 0.3 is 0 Å². The Balaban J connectivity index is 2.14. The molecule has 0 atom stereocenters. The number of anilines is 1.